The average molecular weight is 311 g/mol. The van der Waals surface area contributed by atoms with E-state index in [4.69, 9.17) is 5.73 Å². The molecule has 0 radical (unpaired) electrons. The van der Waals surface area contributed by atoms with Crippen molar-refractivity contribution in [2.75, 3.05) is 26.2 Å². The van der Waals surface area contributed by atoms with Gasteiger partial charge in [-0.2, -0.15) is 4.31 Å². The van der Waals surface area contributed by atoms with Crippen molar-refractivity contribution < 1.29 is 13.2 Å². The van der Waals surface area contributed by atoms with Gasteiger partial charge in [-0.1, -0.05) is 30.3 Å². The maximum atomic E-state index is 12.4. The first-order valence-electron chi connectivity index (χ1n) is 6.96. The van der Waals surface area contributed by atoms with Crippen molar-refractivity contribution in [3.8, 4) is 0 Å². The number of carbonyl (C=O) groups excluding carboxylic acids is 1. The molecule has 0 aromatic heterocycles. The van der Waals surface area contributed by atoms with E-state index in [1.807, 2.05) is 18.2 Å². The van der Waals surface area contributed by atoms with E-state index in [2.05, 4.69) is 0 Å². The molecular weight excluding hydrogens is 290 g/mol. The molecule has 6 nitrogen and oxygen atoms in total. The van der Waals surface area contributed by atoms with Crippen LogP contribution in [0.5, 0.6) is 0 Å². The van der Waals surface area contributed by atoms with Crippen LogP contribution in [0, 0.1) is 0 Å². The smallest absolute Gasteiger partial charge is 0.239 e. The van der Waals surface area contributed by atoms with Gasteiger partial charge in [-0.05, 0) is 12.5 Å². The van der Waals surface area contributed by atoms with Crippen molar-refractivity contribution in [1.29, 1.82) is 0 Å². The predicted molar refractivity (Wildman–Crippen MR) is 80.9 cm³/mol. The number of sulfonamides is 1. The van der Waals surface area contributed by atoms with E-state index < -0.39 is 16.1 Å². The van der Waals surface area contributed by atoms with Gasteiger partial charge in [0.25, 0.3) is 0 Å². The number of piperazine rings is 1. The molecule has 116 valence electrons. The van der Waals surface area contributed by atoms with Crippen molar-refractivity contribution in [3.63, 3.8) is 0 Å². The molecule has 2 N–H and O–H groups in total. The Bertz CT molecular complexity index is 579. The SMILES string of the molecule is C[C@@H](N)C(=O)N1CCN(S(=O)(=O)Cc2ccccc2)CC1. The van der Waals surface area contributed by atoms with Gasteiger partial charge in [-0.3, -0.25) is 4.79 Å². The quantitative estimate of drug-likeness (QED) is 0.849. The lowest BCUT2D eigenvalue weighted by atomic mass is 10.2. The maximum absolute atomic E-state index is 12.4. The van der Waals surface area contributed by atoms with Crippen molar-refractivity contribution in [1.82, 2.24) is 9.21 Å². The number of hydrogen-bond donors (Lipinski definition) is 1. The Morgan fingerprint density at radius 3 is 2.29 bits per heavy atom. The molecule has 1 amide bonds. The Morgan fingerprint density at radius 1 is 1.19 bits per heavy atom. The zero-order valence-electron chi connectivity index (χ0n) is 12.1. The number of benzene rings is 1. The first-order chi connectivity index (χ1) is 9.90. The van der Waals surface area contributed by atoms with E-state index in [1.54, 1.807) is 24.0 Å². The van der Waals surface area contributed by atoms with Crippen molar-refractivity contribution in [2.24, 2.45) is 5.73 Å². The van der Waals surface area contributed by atoms with Crippen molar-refractivity contribution in [2.45, 2.75) is 18.7 Å². The van der Waals surface area contributed by atoms with Gasteiger partial charge < -0.3 is 10.6 Å². The lowest BCUT2D eigenvalue weighted by Crippen LogP contribution is -2.53. The number of nitrogens with two attached hydrogens (primary N) is 1. The van der Waals surface area contributed by atoms with Crippen LogP contribution in [-0.4, -0.2) is 55.8 Å². The van der Waals surface area contributed by atoms with E-state index >= 15 is 0 Å². The van der Waals surface area contributed by atoms with Gasteiger partial charge in [-0.25, -0.2) is 8.42 Å². The van der Waals surface area contributed by atoms with Gasteiger partial charge in [0, 0.05) is 26.2 Å². The highest BCUT2D eigenvalue weighted by Gasteiger charge is 2.29. The fourth-order valence-corrected chi connectivity index (χ4v) is 3.87. The van der Waals surface area contributed by atoms with E-state index in [1.165, 1.54) is 4.31 Å². The zero-order chi connectivity index (χ0) is 15.5. The summed E-state index contributed by atoms with van der Waals surface area (Å²) in [6.07, 6.45) is 0. The fourth-order valence-electron chi connectivity index (χ4n) is 2.35. The van der Waals surface area contributed by atoms with Gasteiger partial charge in [-0.15, -0.1) is 0 Å². The number of hydrogen-bond acceptors (Lipinski definition) is 4. The van der Waals surface area contributed by atoms with Crippen LogP contribution >= 0.6 is 0 Å². The molecule has 2 rings (SSSR count). The zero-order valence-corrected chi connectivity index (χ0v) is 12.9. The highest BCUT2D eigenvalue weighted by Crippen LogP contribution is 2.13. The molecule has 0 bridgehead atoms. The largest absolute Gasteiger partial charge is 0.339 e. The molecule has 1 aromatic rings. The van der Waals surface area contributed by atoms with Crippen molar-refractivity contribution in [3.05, 3.63) is 35.9 Å². The molecule has 1 heterocycles. The highest BCUT2D eigenvalue weighted by molar-refractivity contribution is 7.88. The molecular formula is C14H21N3O3S. The summed E-state index contributed by atoms with van der Waals surface area (Å²) in [5.41, 5.74) is 6.34. The van der Waals surface area contributed by atoms with Gasteiger partial charge in [0.2, 0.25) is 15.9 Å². The molecule has 0 spiro atoms. The number of nitrogens with zero attached hydrogens (tertiary/aromatic N) is 2. The summed E-state index contributed by atoms with van der Waals surface area (Å²) in [7, 11) is -3.34. The predicted octanol–water partition coefficient (Wildman–Crippen LogP) is 0.00780. The van der Waals surface area contributed by atoms with Crippen LogP contribution in [0.2, 0.25) is 0 Å². The van der Waals surface area contributed by atoms with Crippen LogP contribution < -0.4 is 5.73 Å². The van der Waals surface area contributed by atoms with Crippen LogP contribution in [0.4, 0.5) is 0 Å². The molecule has 0 aliphatic carbocycles. The molecule has 1 aliphatic rings. The summed E-state index contributed by atoms with van der Waals surface area (Å²) < 4.78 is 26.2. The first-order valence-corrected chi connectivity index (χ1v) is 8.57. The van der Waals surface area contributed by atoms with E-state index in [0.29, 0.717) is 26.2 Å². The number of carbonyl (C=O) groups is 1. The molecule has 1 aliphatic heterocycles. The lowest BCUT2D eigenvalue weighted by Gasteiger charge is -2.34. The van der Waals surface area contributed by atoms with Crippen LogP contribution in [0.3, 0.4) is 0 Å². The normalized spacial score (nSPS) is 18.5. The molecule has 0 unspecified atom stereocenters. The summed E-state index contributed by atoms with van der Waals surface area (Å²) >= 11 is 0. The lowest BCUT2D eigenvalue weighted by molar-refractivity contribution is -0.133. The van der Waals surface area contributed by atoms with Crippen LogP contribution in [0.15, 0.2) is 30.3 Å². The van der Waals surface area contributed by atoms with E-state index in [9.17, 15) is 13.2 Å². The van der Waals surface area contributed by atoms with Crippen molar-refractivity contribution >= 4 is 15.9 Å². The molecule has 1 fully saturated rings. The van der Waals surface area contributed by atoms with Gasteiger partial charge in [0.05, 0.1) is 11.8 Å². The minimum absolute atomic E-state index is 0.00488. The third-order valence-electron chi connectivity index (χ3n) is 3.53. The van der Waals surface area contributed by atoms with Crippen LogP contribution in [-0.2, 0) is 20.6 Å². The molecule has 7 heteroatoms. The second-order valence-corrected chi connectivity index (χ2v) is 7.22. The molecule has 21 heavy (non-hydrogen) atoms. The maximum Gasteiger partial charge on any atom is 0.239 e. The van der Waals surface area contributed by atoms with Gasteiger partial charge >= 0.3 is 0 Å². The Morgan fingerprint density at radius 2 is 1.76 bits per heavy atom. The standard InChI is InChI=1S/C14H21N3O3S/c1-12(15)14(18)16-7-9-17(10-8-16)21(19,20)11-13-5-3-2-4-6-13/h2-6,12H,7-11,15H2,1H3/t12-/m1/s1. The summed E-state index contributed by atoms with van der Waals surface area (Å²) in [5.74, 6) is -0.134. The average Bonchev–Trinajstić information content (AvgIpc) is 2.47. The van der Waals surface area contributed by atoms with Gasteiger partial charge in [0.1, 0.15) is 0 Å². The molecule has 0 saturated carbocycles. The molecule has 1 saturated heterocycles. The monoisotopic (exact) mass is 311 g/mol. The number of amides is 1. The van der Waals surface area contributed by atoms with E-state index in [-0.39, 0.29) is 11.7 Å². The Kier molecular flexibility index (Phi) is 4.97. The summed E-state index contributed by atoms with van der Waals surface area (Å²) in [5, 5.41) is 0. The summed E-state index contributed by atoms with van der Waals surface area (Å²) in [4.78, 5) is 13.4. The highest BCUT2D eigenvalue weighted by atomic mass is 32.2. The second kappa shape index (κ2) is 6.55. The van der Waals surface area contributed by atoms with Crippen LogP contribution in [0.25, 0.3) is 0 Å². The Hall–Kier alpha value is -1.44. The summed E-state index contributed by atoms with van der Waals surface area (Å²) in [6, 6.07) is 8.56. The second-order valence-electron chi connectivity index (χ2n) is 5.25. The van der Waals surface area contributed by atoms with E-state index in [0.717, 1.165) is 5.56 Å². The van der Waals surface area contributed by atoms with Gasteiger partial charge in [0.15, 0.2) is 0 Å². The summed E-state index contributed by atoms with van der Waals surface area (Å²) in [6.45, 7) is 3.09. The third kappa shape index (κ3) is 4.03. The molecule has 1 atom stereocenters. The minimum atomic E-state index is -3.34. The number of rotatable bonds is 4. The minimum Gasteiger partial charge on any atom is -0.339 e. The topological polar surface area (TPSA) is 83.7 Å². The fraction of sp³-hybridized carbons (Fsp3) is 0.500. The van der Waals surface area contributed by atoms with Crippen LogP contribution in [0.1, 0.15) is 12.5 Å². The Labute approximate surface area is 125 Å². The molecule has 1 aromatic carbocycles. The third-order valence-corrected chi connectivity index (χ3v) is 5.38. The first kappa shape index (κ1) is 15.9. The Balaban J connectivity index is 1.96.